The lowest BCUT2D eigenvalue weighted by Gasteiger charge is -2.09. The van der Waals surface area contributed by atoms with Crippen LogP contribution in [0, 0.1) is 11.3 Å². The molecule has 0 N–H and O–H groups in total. The number of hydrogen-bond acceptors (Lipinski definition) is 0. The first-order valence-corrected chi connectivity index (χ1v) is 5.93. The topological polar surface area (TPSA) is 0 Å². The summed E-state index contributed by atoms with van der Waals surface area (Å²) in [5.41, 5.74) is 3.27. The molecule has 1 aliphatic rings. The summed E-state index contributed by atoms with van der Waals surface area (Å²) >= 11 is 0. The zero-order chi connectivity index (χ0) is 11.5. The van der Waals surface area contributed by atoms with Gasteiger partial charge in [-0.15, -0.1) is 6.58 Å². The molecule has 0 amide bonds. The highest BCUT2D eigenvalue weighted by Crippen LogP contribution is 2.58. The monoisotopic (exact) mass is 204 g/mol. The van der Waals surface area contributed by atoms with E-state index in [-0.39, 0.29) is 0 Å². The van der Waals surface area contributed by atoms with E-state index in [4.69, 9.17) is 0 Å². The van der Waals surface area contributed by atoms with E-state index in [0.29, 0.717) is 5.41 Å². The molecule has 0 heterocycles. The standard InChI is InChI=1S/C15H24/c1-6-7-8-14-11-15(14,9-12(2)3)10-13(4)5/h6,9-10,14H,1,7-8,11H2,2-5H3/t14-/m1/s1. The third-order valence-corrected chi connectivity index (χ3v) is 3.03. The molecular formula is C15H24. The van der Waals surface area contributed by atoms with Gasteiger partial charge in [-0.2, -0.15) is 0 Å². The molecule has 0 aromatic heterocycles. The zero-order valence-electron chi connectivity index (χ0n) is 10.6. The van der Waals surface area contributed by atoms with Gasteiger partial charge in [0, 0.05) is 5.41 Å². The Morgan fingerprint density at radius 3 is 2.13 bits per heavy atom. The highest BCUT2D eigenvalue weighted by atomic mass is 14.5. The van der Waals surface area contributed by atoms with Gasteiger partial charge in [0.05, 0.1) is 0 Å². The third kappa shape index (κ3) is 3.37. The molecule has 0 unspecified atom stereocenters. The van der Waals surface area contributed by atoms with Crippen molar-refractivity contribution in [2.24, 2.45) is 11.3 Å². The molecule has 1 atom stereocenters. The summed E-state index contributed by atoms with van der Waals surface area (Å²) in [7, 11) is 0. The molecule has 0 heteroatoms. The Hall–Kier alpha value is -0.780. The molecule has 0 aromatic carbocycles. The van der Waals surface area contributed by atoms with Crippen molar-refractivity contribution < 1.29 is 0 Å². The number of rotatable bonds is 5. The predicted molar refractivity (Wildman–Crippen MR) is 68.8 cm³/mol. The van der Waals surface area contributed by atoms with Gasteiger partial charge in [0.2, 0.25) is 0 Å². The summed E-state index contributed by atoms with van der Waals surface area (Å²) in [4.78, 5) is 0. The lowest BCUT2D eigenvalue weighted by atomic mass is 9.96. The van der Waals surface area contributed by atoms with E-state index in [1.807, 2.05) is 6.08 Å². The highest BCUT2D eigenvalue weighted by molar-refractivity contribution is 5.28. The molecule has 0 aromatic rings. The van der Waals surface area contributed by atoms with E-state index >= 15 is 0 Å². The van der Waals surface area contributed by atoms with Crippen molar-refractivity contribution in [1.82, 2.24) is 0 Å². The fourth-order valence-electron chi connectivity index (χ4n) is 2.53. The van der Waals surface area contributed by atoms with Gasteiger partial charge in [-0.3, -0.25) is 0 Å². The average molecular weight is 204 g/mol. The molecule has 1 aliphatic carbocycles. The zero-order valence-corrected chi connectivity index (χ0v) is 10.6. The Bertz CT molecular complexity index is 265. The second-order valence-corrected chi connectivity index (χ2v) is 5.32. The van der Waals surface area contributed by atoms with Gasteiger partial charge in [0.25, 0.3) is 0 Å². The summed E-state index contributed by atoms with van der Waals surface area (Å²) in [6.07, 6.45) is 10.7. The van der Waals surface area contributed by atoms with Crippen LogP contribution in [0.3, 0.4) is 0 Å². The van der Waals surface area contributed by atoms with E-state index in [1.54, 1.807) is 0 Å². The second-order valence-electron chi connectivity index (χ2n) is 5.32. The van der Waals surface area contributed by atoms with Crippen molar-refractivity contribution >= 4 is 0 Å². The largest absolute Gasteiger partial charge is 0.103 e. The second kappa shape index (κ2) is 4.83. The van der Waals surface area contributed by atoms with Crippen LogP contribution in [0.2, 0.25) is 0 Å². The van der Waals surface area contributed by atoms with Gasteiger partial charge < -0.3 is 0 Å². The molecular weight excluding hydrogens is 180 g/mol. The summed E-state index contributed by atoms with van der Waals surface area (Å²) < 4.78 is 0. The Kier molecular flexibility index (Phi) is 3.96. The molecule has 1 rings (SSSR count). The summed E-state index contributed by atoms with van der Waals surface area (Å²) in [6.45, 7) is 12.6. The van der Waals surface area contributed by atoms with Crippen LogP contribution < -0.4 is 0 Å². The van der Waals surface area contributed by atoms with E-state index in [9.17, 15) is 0 Å². The minimum absolute atomic E-state index is 0.390. The van der Waals surface area contributed by atoms with Crippen molar-refractivity contribution in [3.8, 4) is 0 Å². The Balaban J connectivity index is 2.71. The molecule has 1 saturated carbocycles. The minimum atomic E-state index is 0.390. The van der Waals surface area contributed by atoms with Gasteiger partial charge >= 0.3 is 0 Å². The van der Waals surface area contributed by atoms with Crippen LogP contribution in [0.15, 0.2) is 36.0 Å². The van der Waals surface area contributed by atoms with Gasteiger partial charge in [0.1, 0.15) is 0 Å². The van der Waals surface area contributed by atoms with Gasteiger partial charge in [-0.25, -0.2) is 0 Å². The molecule has 0 bridgehead atoms. The highest BCUT2D eigenvalue weighted by Gasteiger charge is 2.49. The smallest absolute Gasteiger partial charge is 0.00976 e. The molecule has 0 radical (unpaired) electrons. The van der Waals surface area contributed by atoms with Crippen LogP contribution in [-0.2, 0) is 0 Å². The van der Waals surface area contributed by atoms with Gasteiger partial charge in [-0.1, -0.05) is 29.4 Å². The van der Waals surface area contributed by atoms with E-state index < -0.39 is 0 Å². The van der Waals surface area contributed by atoms with Crippen LogP contribution in [-0.4, -0.2) is 0 Å². The quantitative estimate of drug-likeness (QED) is 0.559. The lowest BCUT2D eigenvalue weighted by Crippen LogP contribution is -1.97. The first-order valence-electron chi connectivity index (χ1n) is 5.93. The lowest BCUT2D eigenvalue weighted by molar-refractivity contribution is 0.634. The minimum Gasteiger partial charge on any atom is -0.103 e. The fraction of sp³-hybridized carbons (Fsp3) is 0.600. The fourth-order valence-corrected chi connectivity index (χ4v) is 2.53. The van der Waals surface area contributed by atoms with Crippen LogP contribution in [0.4, 0.5) is 0 Å². The van der Waals surface area contributed by atoms with Crippen molar-refractivity contribution in [2.75, 3.05) is 0 Å². The summed E-state index contributed by atoms with van der Waals surface area (Å²) in [5.74, 6) is 0.847. The van der Waals surface area contributed by atoms with Gasteiger partial charge in [-0.05, 0) is 52.9 Å². The van der Waals surface area contributed by atoms with Crippen molar-refractivity contribution in [2.45, 2.75) is 47.0 Å². The average Bonchev–Trinajstić information content (AvgIpc) is 2.72. The first-order chi connectivity index (χ1) is 7.00. The van der Waals surface area contributed by atoms with E-state index in [1.165, 1.54) is 24.0 Å². The van der Waals surface area contributed by atoms with Crippen LogP contribution in [0.1, 0.15) is 47.0 Å². The Labute approximate surface area is 94.8 Å². The maximum absolute atomic E-state index is 3.80. The summed E-state index contributed by atoms with van der Waals surface area (Å²) in [5, 5.41) is 0. The molecule has 15 heavy (non-hydrogen) atoms. The van der Waals surface area contributed by atoms with Crippen LogP contribution >= 0.6 is 0 Å². The molecule has 0 aliphatic heterocycles. The Morgan fingerprint density at radius 2 is 1.73 bits per heavy atom. The molecule has 1 fully saturated rings. The maximum atomic E-state index is 3.80. The van der Waals surface area contributed by atoms with Crippen LogP contribution in [0.5, 0.6) is 0 Å². The molecule has 0 spiro atoms. The third-order valence-electron chi connectivity index (χ3n) is 3.03. The van der Waals surface area contributed by atoms with Crippen molar-refractivity contribution in [3.05, 3.63) is 36.0 Å². The molecule has 0 nitrogen and oxygen atoms in total. The predicted octanol–water partition coefficient (Wildman–Crippen LogP) is 4.89. The Morgan fingerprint density at radius 1 is 1.20 bits per heavy atom. The SMILES string of the molecule is C=CCC[C@@H]1CC1(C=C(C)C)C=C(C)C. The maximum Gasteiger partial charge on any atom is 0.00976 e. The van der Waals surface area contributed by atoms with Crippen molar-refractivity contribution in [3.63, 3.8) is 0 Å². The summed E-state index contributed by atoms with van der Waals surface area (Å²) in [6, 6.07) is 0. The number of allylic oxidation sites excluding steroid dienone is 5. The van der Waals surface area contributed by atoms with Gasteiger partial charge in [0.15, 0.2) is 0 Å². The molecule has 0 saturated heterocycles. The van der Waals surface area contributed by atoms with E-state index in [2.05, 4.69) is 46.4 Å². The van der Waals surface area contributed by atoms with E-state index in [0.717, 1.165) is 12.3 Å². The molecule has 84 valence electrons. The normalized spacial score (nSPS) is 21.7. The van der Waals surface area contributed by atoms with Crippen LogP contribution in [0.25, 0.3) is 0 Å². The van der Waals surface area contributed by atoms with Crippen molar-refractivity contribution in [1.29, 1.82) is 0 Å². The first kappa shape index (κ1) is 12.3. The number of hydrogen-bond donors (Lipinski definition) is 0.